The standard InChI is InChI=1S/C22H23N3O5/c1-14(23-15-5-9-17(28-2)10-6-15)21-19(13-20(26)30-4)24-25(22(21)27)16-7-11-18(29-3)12-8-16/h5-12,24H,13H2,1-4H3. The van der Waals surface area contributed by atoms with Crippen molar-refractivity contribution >= 4 is 17.4 Å². The monoisotopic (exact) mass is 409 g/mol. The average Bonchev–Trinajstić information content (AvgIpc) is 3.09. The lowest BCUT2D eigenvalue weighted by molar-refractivity contribution is -0.139. The first-order valence-electron chi connectivity index (χ1n) is 9.21. The minimum atomic E-state index is -0.461. The minimum Gasteiger partial charge on any atom is -0.497 e. The first-order chi connectivity index (χ1) is 14.5. The van der Waals surface area contributed by atoms with Crippen LogP contribution in [0.25, 0.3) is 5.69 Å². The van der Waals surface area contributed by atoms with Gasteiger partial charge < -0.3 is 14.2 Å². The van der Waals surface area contributed by atoms with Gasteiger partial charge in [-0.05, 0) is 55.5 Å². The Balaban J connectivity index is 2.07. The van der Waals surface area contributed by atoms with E-state index in [0.29, 0.717) is 39.8 Å². The number of nitrogens with one attached hydrogen (secondary N) is 1. The van der Waals surface area contributed by atoms with E-state index < -0.39 is 5.97 Å². The van der Waals surface area contributed by atoms with Crippen LogP contribution >= 0.6 is 0 Å². The van der Waals surface area contributed by atoms with Gasteiger partial charge in [0.05, 0.1) is 56.1 Å². The maximum atomic E-state index is 13.2. The van der Waals surface area contributed by atoms with Crippen LogP contribution in [0, 0.1) is 0 Å². The maximum Gasteiger partial charge on any atom is 0.311 e. The number of benzene rings is 2. The van der Waals surface area contributed by atoms with Crippen molar-refractivity contribution in [3.63, 3.8) is 0 Å². The highest BCUT2D eigenvalue weighted by Gasteiger charge is 2.20. The number of aliphatic imine (C=N–C) groups is 1. The van der Waals surface area contributed by atoms with E-state index >= 15 is 0 Å². The number of carbonyl (C=O) groups is 1. The largest absolute Gasteiger partial charge is 0.497 e. The van der Waals surface area contributed by atoms with Crippen LogP contribution in [-0.4, -0.2) is 42.8 Å². The lowest BCUT2D eigenvalue weighted by Crippen LogP contribution is -2.20. The van der Waals surface area contributed by atoms with E-state index in [2.05, 4.69) is 10.1 Å². The van der Waals surface area contributed by atoms with Crippen molar-refractivity contribution in [2.75, 3.05) is 21.3 Å². The molecule has 0 fully saturated rings. The van der Waals surface area contributed by atoms with Gasteiger partial charge in [-0.2, -0.15) is 0 Å². The van der Waals surface area contributed by atoms with Crippen LogP contribution in [0.4, 0.5) is 5.69 Å². The summed E-state index contributed by atoms with van der Waals surface area (Å²) in [5, 5.41) is 3.02. The Bertz CT molecular complexity index is 1110. The van der Waals surface area contributed by atoms with Crippen LogP contribution < -0.4 is 15.0 Å². The van der Waals surface area contributed by atoms with Gasteiger partial charge in [0.2, 0.25) is 0 Å². The van der Waals surface area contributed by atoms with E-state index in [1.165, 1.54) is 11.8 Å². The molecule has 0 saturated carbocycles. The molecule has 0 amide bonds. The minimum absolute atomic E-state index is 0.0836. The Morgan fingerprint density at radius 2 is 1.53 bits per heavy atom. The van der Waals surface area contributed by atoms with Crippen molar-refractivity contribution in [2.24, 2.45) is 4.99 Å². The molecule has 8 heteroatoms. The molecule has 3 rings (SSSR count). The van der Waals surface area contributed by atoms with Gasteiger partial charge in [-0.1, -0.05) is 0 Å². The number of methoxy groups -OCH3 is 3. The summed E-state index contributed by atoms with van der Waals surface area (Å²) < 4.78 is 16.5. The summed E-state index contributed by atoms with van der Waals surface area (Å²) in [7, 11) is 4.46. The summed E-state index contributed by atoms with van der Waals surface area (Å²) >= 11 is 0. The molecule has 0 saturated heterocycles. The molecule has 0 spiro atoms. The fourth-order valence-electron chi connectivity index (χ4n) is 3.02. The Kier molecular flexibility index (Phi) is 6.36. The average molecular weight is 409 g/mol. The fraction of sp³-hybridized carbons (Fsp3) is 0.227. The second-order valence-corrected chi connectivity index (χ2v) is 6.45. The molecule has 0 atom stereocenters. The molecule has 3 aromatic rings. The van der Waals surface area contributed by atoms with Crippen LogP contribution in [-0.2, 0) is 16.0 Å². The maximum absolute atomic E-state index is 13.2. The topological polar surface area (TPSA) is 94.9 Å². The number of aromatic nitrogens is 2. The quantitative estimate of drug-likeness (QED) is 0.478. The molecule has 0 aliphatic rings. The molecule has 0 aliphatic carbocycles. The van der Waals surface area contributed by atoms with Crippen molar-refractivity contribution in [3.05, 3.63) is 70.1 Å². The van der Waals surface area contributed by atoms with Gasteiger partial charge in [0.25, 0.3) is 5.56 Å². The van der Waals surface area contributed by atoms with Crippen LogP contribution in [0.2, 0.25) is 0 Å². The third kappa shape index (κ3) is 4.43. The summed E-state index contributed by atoms with van der Waals surface area (Å²) in [6.45, 7) is 1.73. The van der Waals surface area contributed by atoms with Crippen molar-refractivity contribution in [1.82, 2.24) is 9.78 Å². The Hall–Kier alpha value is -3.81. The Labute approximate surface area is 173 Å². The number of nitrogens with zero attached hydrogens (tertiary/aromatic N) is 2. The fourth-order valence-corrected chi connectivity index (χ4v) is 3.02. The predicted octanol–water partition coefficient (Wildman–Crippen LogP) is 3.04. The zero-order valence-electron chi connectivity index (χ0n) is 17.3. The number of ether oxygens (including phenoxy) is 3. The zero-order valence-corrected chi connectivity index (χ0v) is 17.3. The van der Waals surface area contributed by atoms with Crippen molar-refractivity contribution < 1.29 is 19.0 Å². The number of carbonyl (C=O) groups excluding carboxylic acids is 1. The van der Waals surface area contributed by atoms with Gasteiger partial charge >= 0.3 is 5.97 Å². The molecule has 156 valence electrons. The first-order valence-corrected chi connectivity index (χ1v) is 9.21. The predicted molar refractivity (Wildman–Crippen MR) is 114 cm³/mol. The van der Waals surface area contributed by atoms with E-state index in [4.69, 9.17) is 14.2 Å². The number of H-pyrrole nitrogens is 1. The van der Waals surface area contributed by atoms with Crippen LogP contribution in [0.5, 0.6) is 11.5 Å². The number of esters is 1. The van der Waals surface area contributed by atoms with Gasteiger partial charge in [0.15, 0.2) is 0 Å². The number of hydrogen-bond acceptors (Lipinski definition) is 6. The second-order valence-electron chi connectivity index (χ2n) is 6.45. The lowest BCUT2D eigenvalue weighted by Gasteiger charge is -2.03. The molecule has 30 heavy (non-hydrogen) atoms. The van der Waals surface area contributed by atoms with Crippen LogP contribution in [0.1, 0.15) is 18.2 Å². The summed E-state index contributed by atoms with van der Waals surface area (Å²) in [5.74, 6) is 0.920. The zero-order chi connectivity index (χ0) is 21.7. The molecule has 2 aromatic carbocycles. The molecule has 1 aromatic heterocycles. The van der Waals surface area contributed by atoms with Gasteiger partial charge in [-0.25, -0.2) is 4.68 Å². The smallest absolute Gasteiger partial charge is 0.311 e. The second kappa shape index (κ2) is 9.13. The Morgan fingerprint density at radius 1 is 0.967 bits per heavy atom. The van der Waals surface area contributed by atoms with Crippen LogP contribution in [0.3, 0.4) is 0 Å². The number of rotatable bonds is 7. The molecular weight excluding hydrogens is 386 g/mol. The van der Waals surface area contributed by atoms with Crippen LogP contribution in [0.15, 0.2) is 58.3 Å². The third-order valence-electron chi connectivity index (χ3n) is 4.58. The highest BCUT2D eigenvalue weighted by molar-refractivity contribution is 6.01. The summed E-state index contributed by atoms with van der Waals surface area (Å²) in [4.78, 5) is 29.6. The number of hydrogen-bond donors (Lipinski definition) is 1. The molecule has 0 radical (unpaired) electrons. The molecular formula is C22H23N3O5. The SMILES string of the molecule is COC(=O)Cc1[nH]n(-c2ccc(OC)cc2)c(=O)c1C(C)=Nc1ccc(OC)cc1. The molecule has 1 heterocycles. The van der Waals surface area contributed by atoms with Crippen molar-refractivity contribution in [3.8, 4) is 17.2 Å². The van der Waals surface area contributed by atoms with E-state index in [9.17, 15) is 9.59 Å². The molecule has 0 bridgehead atoms. The lowest BCUT2D eigenvalue weighted by atomic mass is 10.1. The molecule has 0 aliphatic heterocycles. The van der Waals surface area contributed by atoms with E-state index in [0.717, 1.165) is 0 Å². The number of aromatic amines is 1. The summed E-state index contributed by atoms with van der Waals surface area (Å²) in [6.07, 6.45) is -0.0836. The third-order valence-corrected chi connectivity index (χ3v) is 4.58. The molecule has 8 nitrogen and oxygen atoms in total. The van der Waals surface area contributed by atoms with Gasteiger partial charge in [0, 0.05) is 0 Å². The summed E-state index contributed by atoms with van der Waals surface area (Å²) in [6, 6.07) is 14.1. The highest BCUT2D eigenvalue weighted by atomic mass is 16.5. The normalized spacial score (nSPS) is 11.3. The van der Waals surface area contributed by atoms with Crippen molar-refractivity contribution in [1.29, 1.82) is 0 Å². The van der Waals surface area contributed by atoms with E-state index in [1.54, 1.807) is 69.7 Å². The van der Waals surface area contributed by atoms with E-state index in [-0.39, 0.29) is 12.0 Å². The molecule has 1 N–H and O–H groups in total. The molecule has 0 unspecified atom stereocenters. The first kappa shape index (κ1) is 20.9. The highest BCUT2D eigenvalue weighted by Crippen LogP contribution is 2.20. The van der Waals surface area contributed by atoms with Gasteiger partial charge in [-0.3, -0.25) is 19.7 Å². The van der Waals surface area contributed by atoms with Gasteiger partial charge in [0.1, 0.15) is 11.5 Å². The Morgan fingerprint density at radius 3 is 2.07 bits per heavy atom. The van der Waals surface area contributed by atoms with Crippen molar-refractivity contribution in [2.45, 2.75) is 13.3 Å². The van der Waals surface area contributed by atoms with Gasteiger partial charge in [-0.15, -0.1) is 0 Å². The van der Waals surface area contributed by atoms with E-state index in [1.807, 2.05) is 0 Å². The summed E-state index contributed by atoms with van der Waals surface area (Å²) in [5.41, 5.74) is 2.19.